The van der Waals surface area contributed by atoms with E-state index in [2.05, 4.69) is 14.7 Å². The fourth-order valence-corrected chi connectivity index (χ4v) is 4.78. The van der Waals surface area contributed by atoms with E-state index in [-0.39, 0.29) is 0 Å². The summed E-state index contributed by atoms with van der Waals surface area (Å²) < 4.78 is 26.9. The van der Waals surface area contributed by atoms with Crippen LogP contribution in [0.2, 0.25) is 0 Å². The fraction of sp³-hybridized carbons (Fsp3) is 0.143. The van der Waals surface area contributed by atoms with Gasteiger partial charge in [0.2, 0.25) is 10.0 Å². The van der Waals surface area contributed by atoms with E-state index in [4.69, 9.17) is 0 Å². The van der Waals surface area contributed by atoms with Crippen LogP contribution in [0.1, 0.15) is 5.69 Å². The molecule has 3 rings (SSSR count). The van der Waals surface area contributed by atoms with Crippen LogP contribution in [0.25, 0.3) is 10.6 Å². The van der Waals surface area contributed by atoms with Crippen LogP contribution >= 0.6 is 22.7 Å². The molecule has 3 heterocycles. The molecule has 5 nitrogen and oxygen atoms in total. The van der Waals surface area contributed by atoms with Gasteiger partial charge in [0.05, 0.1) is 5.69 Å². The van der Waals surface area contributed by atoms with E-state index in [1.807, 2.05) is 17.5 Å². The highest BCUT2D eigenvalue weighted by Gasteiger charge is 2.14. The van der Waals surface area contributed by atoms with Crippen LogP contribution in [0.4, 0.5) is 0 Å². The molecule has 0 aromatic carbocycles. The van der Waals surface area contributed by atoms with E-state index >= 15 is 0 Å². The second kappa shape index (κ2) is 6.66. The zero-order chi connectivity index (χ0) is 15.4. The summed E-state index contributed by atoms with van der Waals surface area (Å²) in [5.41, 5.74) is 1.90. The normalized spacial score (nSPS) is 11.6. The third-order valence-corrected chi connectivity index (χ3v) is 6.71. The Bertz CT molecular complexity index is 827. The summed E-state index contributed by atoms with van der Waals surface area (Å²) in [5.74, 6) is 0. The highest BCUT2D eigenvalue weighted by atomic mass is 32.2. The minimum atomic E-state index is -3.40. The van der Waals surface area contributed by atoms with Crippen LogP contribution in [0.3, 0.4) is 0 Å². The van der Waals surface area contributed by atoms with Crippen molar-refractivity contribution in [1.29, 1.82) is 0 Å². The van der Waals surface area contributed by atoms with Crippen LogP contribution in [-0.4, -0.2) is 24.9 Å². The maximum absolute atomic E-state index is 12.0. The minimum absolute atomic E-state index is 0.333. The molecule has 3 aromatic heterocycles. The molecule has 0 atom stereocenters. The number of thiophene rings is 1. The summed E-state index contributed by atoms with van der Waals surface area (Å²) in [6.45, 7) is 0.333. The molecule has 0 aliphatic rings. The van der Waals surface area contributed by atoms with Crippen LogP contribution in [0.5, 0.6) is 0 Å². The molecule has 0 spiro atoms. The number of thiazole rings is 1. The van der Waals surface area contributed by atoms with Crippen LogP contribution in [-0.2, 0) is 16.4 Å². The quantitative estimate of drug-likeness (QED) is 0.741. The second-order valence-electron chi connectivity index (χ2n) is 4.46. The van der Waals surface area contributed by atoms with Gasteiger partial charge in [-0.1, -0.05) is 6.07 Å². The molecule has 114 valence electrons. The summed E-state index contributed by atoms with van der Waals surface area (Å²) in [5, 5.41) is 4.61. The lowest BCUT2D eigenvalue weighted by atomic mass is 10.3. The van der Waals surface area contributed by atoms with Crippen LogP contribution in [0.15, 0.2) is 51.6 Å². The summed E-state index contributed by atoms with van der Waals surface area (Å²) in [6.07, 6.45) is 4.02. The van der Waals surface area contributed by atoms with E-state index in [1.165, 1.54) is 11.3 Å². The monoisotopic (exact) mass is 351 g/mol. The smallest absolute Gasteiger partial charge is 0.250 e. The first-order valence-corrected chi connectivity index (χ1v) is 9.77. The van der Waals surface area contributed by atoms with Crippen molar-refractivity contribution in [2.75, 3.05) is 6.54 Å². The number of rotatable bonds is 6. The van der Waals surface area contributed by atoms with E-state index in [9.17, 15) is 8.42 Å². The van der Waals surface area contributed by atoms with Crippen LogP contribution in [0, 0.1) is 0 Å². The molecule has 8 heteroatoms. The van der Waals surface area contributed by atoms with Gasteiger partial charge in [-0.2, -0.15) is 0 Å². The zero-order valence-electron chi connectivity index (χ0n) is 11.5. The number of sulfonamides is 1. The third-order valence-electron chi connectivity index (χ3n) is 2.91. The van der Waals surface area contributed by atoms with E-state index in [0.29, 0.717) is 17.2 Å². The minimum Gasteiger partial charge on any atom is -0.265 e. The molecule has 0 fully saturated rings. The Morgan fingerprint density at radius 3 is 2.68 bits per heavy atom. The van der Waals surface area contributed by atoms with Crippen molar-refractivity contribution in [3.05, 3.63) is 53.1 Å². The molecule has 0 radical (unpaired) electrons. The Labute approximate surface area is 136 Å². The molecule has 0 unspecified atom stereocenters. The third kappa shape index (κ3) is 3.58. The summed E-state index contributed by atoms with van der Waals surface area (Å²) in [4.78, 5) is 8.50. The first-order valence-electron chi connectivity index (χ1n) is 6.53. The first-order chi connectivity index (χ1) is 10.6. The van der Waals surface area contributed by atoms with Gasteiger partial charge in [-0.3, -0.25) is 4.98 Å². The van der Waals surface area contributed by atoms with E-state index in [0.717, 1.165) is 16.3 Å². The molecular formula is C14H13N3O2S3. The zero-order valence-corrected chi connectivity index (χ0v) is 13.9. The Kier molecular flexibility index (Phi) is 4.63. The fourth-order valence-electron chi connectivity index (χ4n) is 1.85. The van der Waals surface area contributed by atoms with Crippen molar-refractivity contribution < 1.29 is 8.42 Å². The lowest BCUT2D eigenvalue weighted by molar-refractivity contribution is 0.583. The molecule has 0 aliphatic carbocycles. The number of hydrogen-bond donors (Lipinski definition) is 1. The van der Waals surface area contributed by atoms with Gasteiger partial charge in [0.25, 0.3) is 0 Å². The maximum atomic E-state index is 12.0. The van der Waals surface area contributed by atoms with Crippen molar-refractivity contribution in [1.82, 2.24) is 14.7 Å². The summed E-state index contributed by atoms with van der Waals surface area (Å²) in [7, 11) is -3.40. The van der Waals surface area contributed by atoms with Crippen molar-refractivity contribution in [2.45, 2.75) is 10.6 Å². The highest BCUT2D eigenvalue weighted by Crippen LogP contribution is 2.23. The largest absolute Gasteiger partial charge is 0.265 e. The summed E-state index contributed by atoms with van der Waals surface area (Å²) >= 11 is 2.75. The van der Waals surface area contributed by atoms with Crippen molar-refractivity contribution in [3.63, 3.8) is 0 Å². The SMILES string of the molecule is O=S(=O)(NCCc1csc(-c2ccncc2)n1)c1cccs1. The van der Waals surface area contributed by atoms with Gasteiger partial charge in [-0.25, -0.2) is 18.1 Å². The van der Waals surface area contributed by atoms with Crippen molar-refractivity contribution in [2.24, 2.45) is 0 Å². The Morgan fingerprint density at radius 2 is 1.95 bits per heavy atom. The standard InChI is InChI=1S/C14H13N3O2S3/c18-22(19,13-2-1-9-20-13)16-8-5-12-10-21-14(17-12)11-3-6-15-7-4-11/h1-4,6-7,9-10,16H,5,8H2. The Hall–Kier alpha value is -1.61. The Morgan fingerprint density at radius 1 is 1.14 bits per heavy atom. The van der Waals surface area contributed by atoms with Gasteiger partial charge in [0.15, 0.2) is 0 Å². The van der Waals surface area contributed by atoms with Gasteiger partial charge in [0.1, 0.15) is 9.22 Å². The van der Waals surface area contributed by atoms with Gasteiger partial charge in [0, 0.05) is 36.3 Å². The number of aromatic nitrogens is 2. The molecule has 0 amide bonds. The van der Waals surface area contributed by atoms with Crippen LogP contribution < -0.4 is 4.72 Å². The lowest BCUT2D eigenvalue weighted by Crippen LogP contribution is -2.25. The lowest BCUT2D eigenvalue weighted by Gasteiger charge is -2.03. The number of pyridine rings is 1. The van der Waals surface area contributed by atoms with Crippen molar-refractivity contribution in [3.8, 4) is 10.6 Å². The van der Waals surface area contributed by atoms with Gasteiger partial charge in [-0.15, -0.1) is 22.7 Å². The first kappa shape index (κ1) is 15.3. The number of hydrogen-bond acceptors (Lipinski definition) is 6. The van der Waals surface area contributed by atoms with Gasteiger partial charge in [-0.05, 0) is 23.6 Å². The molecule has 0 saturated carbocycles. The highest BCUT2D eigenvalue weighted by molar-refractivity contribution is 7.91. The molecule has 22 heavy (non-hydrogen) atoms. The Balaban J connectivity index is 1.60. The number of nitrogens with one attached hydrogen (secondary N) is 1. The average molecular weight is 351 g/mol. The molecule has 3 aromatic rings. The van der Waals surface area contributed by atoms with Gasteiger partial charge < -0.3 is 0 Å². The molecule has 0 saturated heterocycles. The van der Waals surface area contributed by atoms with Crippen molar-refractivity contribution >= 4 is 32.7 Å². The molecular weight excluding hydrogens is 338 g/mol. The predicted octanol–water partition coefficient (Wildman–Crippen LogP) is 2.79. The maximum Gasteiger partial charge on any atom is 0.250 e. The number of nitrogens with zero attached hydrogens (tertiary/aromatic N) is 2. The van der Waals surface area contributed by atoms with E-state index < -0.39 is 10.0 Å². The van der Waals surface area contributed by atoms with E-state index in [1.54, 1.807) is 41.2 Å². The summed E-state index contributed by atoms with van der Waals surface area (Å²) in [6, 6.07) is 7.13. The molecule has 1 N–H and O–H groups in total. The molecule has 0 bridgehead atoms. The predicted molar refractivity (Wildman–Crippen MR) is 88.6 cm³/mol. The topological polar surface area (TPSA) is 72.0 Å². The average Bonchev–Trinajstić information content (AvgIpc) is 3.20. The second-order valence-corrected chi connectivity index (χ2v) is 8.26. The molecule has 0 aliphatic heterocycles. The van der Waals surface area contributed by atoms with Gasteiger partial charge >= 0.3 is 0 Å².